The number of ether oxygens (including phenoxy) is 1. The zero-order valence-corrected chi connectivity index (χ0v) is 30.4. The molecule has 0 spiro atoms. The van der Waals surface area contributed by atoms with E-state index < -0.39 is 63.7 Å². The summed E-state index contributed by atoms with van der Waals surface area (Å²) in [6, 6.07) is 4.75. The number of thiophene rings is 1. The Labute approximate surface area is 314 Å². The number of carbonyl (C=O) groups is 1. The number of amides is 1. The van der Waals surface area contributed by atoms with Gasteiger partial charge in [0.1, 0.15) is 47.3 Å². The largest absolute Gasteiger partial charge is 0.461 e. The number of likely N-dealkylation sites (tertiary alicyclic amines) is 1. The summed E-state index contributed by atoms with van der Waals surface area (Å²) in [4.78, 5) is 27.6. The fourth-order valence-electron chi connectivity index (χ4n) is 8.68. The quantitative estimate of drug-likeness (QED) is 0.159. The van der Waals surface area contributed by atoms with E-state index in [4.69, 9.17) is 15.0 Å². The molecular formula is C37H34F6N8O3S. The number of hydrogen-bond donors (Lipinski definition) is 1. The Kier molecular flexibility index (Phi) is 9.07. The Morgan fingerprint density at radius 1 is 1.24 bits per heavy atom. The molecule has 288 valence electrons. The summed E-state index contributed by atoms with van der Waals surface area (Å²) in [6.07, 6.45) is -2.90. The van der Waals surface area contributed by atoms with Gasteiger partial charge in [0, 0.05) is 60.5 Å². The third kappa shape index (κ3) is 6.08. The SMILES string of the molecule is CCN(c1nc(OCC23CCCN2CC(F)C3)nc2c(F)c(-c3ccc(F)c4sc(N)c(C#N)c34)c(C(F)(F)F)cc12)C1CC(C)N(C(=O)c2ccon2)C1. The number of hydrogen-bond acceptors (Lipinski definition) is 11. The summed E-state index contributed by atoms with van der Waals surface area (Å²) < 4.78 is 103. The molecule has 8 rings (SSSR count). The maximum absolute atomic E-state index is 17.3. The Morgan fingerprint density at radius 2 is 2.04 bits per heavy atom. The molecule has 2 aromatic carbocycles. The summed E-state index contributed by atoms with van der Waals surface area (Å²) in [5, 5.41) is 13.0. The molecule has 3 aliphatic heterocycles. The van der Waals surface area contributed by atoms with Gasteiger partial charge in [-0.1, -0.05) is 11.2 Å². The average Bonchev–Trinajstić information content (AvgIpc) is 3.97. The molecular weight excluding hydrogens is 751 g/mol. The first-order chi connectivity index (χ1) is 26.2. The highest BCUT2D eigenvalue weighted by Gasteiger charge is 2.49. The number of halogens is 6. The maximum Gasteiger partial charge on any atom is 0.417 e. The minimum absolute atomic E-state index is 0.0433. The van der Waals surface area contributed by atoms with Gasteiger partial charge in [0.15, 0.2) is 11.5 Å². The van der Waals surface area contributed by atoms with E-state index in [0.29, 0.717) is 30.7 Å². The lowest BCUT2D eigenvalue weighted by molar-refractivity contribution is -0.137. The molecule has 55 heavy (non-hydrogen) atoms. The van der Waals surface area contributed by atoms with Crippen LogP contribution in [-0.4, -0.2) is 87.4 Å². The fourth-order valence-corrected chi connectivity index (χ4v) is 9.63. The Morgan fingerprint density at radius 3 is 2.75 bits per heavy atom. The third-order valence-electron chi connectivity index (χ3n) is 11.1. The van der Waals surface area contributed by atoms with Crippen LogP contribution in [0.4, 0.5) is 37.2 Å². The molecule has 0 aliphatic carbocycles. The molecule has 3 saturated heterocycles. The Balaban J connectivity index is 1.32. The van der Waals surface area contributed by atoms with Crippen LogP contribution in [0.15, 0.2) is 35.1 Å². The van der Waals surface area contributed by atoms with Crippen LogP contribution in [0.5, 0.6) is 6.01 Å². The van der Waals surface area contributed by atoms with Gasteiger partial charge in [0.2, 0.25) is 0 Å². The van der Waals surface area contributed by atoms with E-state index in [1.165, 1.54) is 12.3 Å². The molecule has 4 unspecified atom stereocenters. The van der Waals surface area contributed by atoms with E-state index in [0.717, 1.165) is 24.6 Å². The summed E-state index contributed by atoms with van der Waals surface area (Å²) in [5.41, 5.74) is 1.88. The van der Waals surface area contributed by atoms with E-state index in [9.17, 15) is 14.4 Å². The van der Waals surface area contributed by atoms with Crippen molar-refractivity contribution in [2.45, 2.75) is 69.5 Å². The van der Waals surface area contributed by atoms with E-state index >= 15 is 22.0 Å². The molecule has 0 radical (unpaired) electrons. The van der Waals surface area contributed by atoms with Crippen molar-refractivity contribution in [3.8, 4) is 23.2 Å². The zero-order valence-electron chi connectivity index (χ0n) is 29.6. The Hall–Kier alpha value is -5.15. The van der Waals surface area contributed by atoms with Crippen LogP contribution in [-0.2, 0) is 6.18 Å². The molecule has 0 saturated carbocycles. The number of nitrogens with two attached hydrogens (primary N) is 1. The molecule has 3 aliphatic rings. The number of nitriles is 1. The van der Waals surface area contributed by atoms with Gasteiger partial charge in [-0.15, -0.1) is 11.3 Å². The van der Waals surface area contributed by atoms with Crippen LogP contribution < -0.4 is 15.4 Å². The van der Waals surface area contributed by atoms with Crippen LogP contribution in [0.1, 0.15) is 61.1 Å². The number of alkyl halides is 4. The lowest BCUT2D eigenvalue weighted by atomic mass is 9.92. The van der Waals surface area contributed by atoms with Crippen molar-refractivity contribution < 1.29 is 40.4 Å². The first-order valence-corrected chi connectivity index (χ1v) is 18.6. The molecule has 2 N–H and O–H groups in total. The van der Waals surface area contributed by atoms with Crippen LogP contribution in [0.25, 0.3) is 32.1 Å². The van der Waals surface area contributed by atoms with Crippen LogP contribution in [0.2, 0.25) is 0 Å². The standard InChI is InChI=1S/C37H34F6N8O3S/c1-3-50(20-11-18(2)51(16-20)34(52)26-7-10-54-48-26)33-22-12-24(37(41,42)43)28(21-5-6-25(39)31-27(21)23(14-44)32(45)55-31)29(40)30(22)46-35(47-33)53-17-36-8-4-9-49(36)15-19(38)13-36/h5-7,10,12,18-20H,3-4,8-9,11,13,15-17,45H2,1-2H3. The topological polar surface area (TPSA) is 138 Å². The normalized spacial score (nSPS) is 22.8. The first kappa shape index (κ1) is 36.8. The number of carbonyl (C=O) groups excluding carboxylic acids is 1. The van der Waals surface area contributed by atoms with Gasteiger partial charge in [0.25, 0.3) is 5.91 Å². The van der Waals surface area contributed by atoms with Crippen molar-refractivity contribution >= 4 is 49.1 Å². The monoisotopic (exact) mass is 784 g/mol. The van der Waals surface area contributed by atoms with E-state index in [-0.39, 0.29) is 82.3 Å². The van der Waals surface area contributed by atoms with Crippen molar-refractivity contribution in [3.63, 3.8) is 0 Å². The van der Waals surface area contributed by atoms with Gasteiger partial charge in [-0.3, -0.25) is 9.69 Å². The second kappa shape index (κ2) is 13.6. The highest BCUT2D eigenvalue weighted by atomic mass is 32.1. The number of nitrogen functional groups attached to an aromatic ring is 1. The van der Waals surface area contributed by atoms with Crippen molar-refractivity contribution in [3.05, 3.63) is 59.0 Å². The predicted molar refractivity (Wildman–Crippen MR) is 191 cm³/mol. The predicted octanol–water partition coefficient (Wildman–Crippen LogP) is 7.34. The van der Waals surface area contributed by atoms with Gasteiger partial charge in [0.05, 0.1) is 21.4 Å². The maximum atomic E-state index is 17.3. The molecule has 3 aromatic heterocycles. The zero-order chi connectivity index (χ0) is 39.0. The van der Waals surface area contributed by atoms with Gasteiger partial charge in [-0.2, -0.15) is 28.4 Å². The molecule has 11 nitrogen and oxygen atoms in total. The number of benzene rings is 2. The van der Waals surface area contributed by atoms with Crippen molar-refractivity contribution in [2.75, 3.05) is 43.4 Å². The highest BCUT2D eigenvalue weighted by Crippen LogP contribution is 2.48. The lowest BCUT2D eigenvalue weighted by Gasteiger charge is -2.32. The number of fused-ring (bicyclic) bond motifs is 3. The van der Waals surface area contributed by atoms with Crippen molar-refractivity contribution in [2.24, 2.45) is 0 Å². The molecule has 3 fully saturated rings. The molecule has 5 aromatic rings. The summed E-state index contributed by atoms with van der Waals surface area (Å²) in [6.45, 7) is 4.76. The van der Waals surface area contributed by atoms with E-state index in [1.54, 1.807) is 16.7 Å². The molecule has 4 atom stereocenters. The fraction of sp³-hybridized carbons (Fsp3) is 0.432. The van der Waals surface area contributed by atoms with Gasteiger partial charge >= 0.3 is 12.2 Å². The minimum atomic E-state index is -5.15. The minimum Gasteiger partial charge on any atom is -0.461 e. The van der Waals surface area contributed by atoms with Crippen molar-refractivity contribution in [1.82, 2.24) is 24.9 Å². The number of aromatic nitrogens is 3. The number of nitrogens with zero attached hydrogens (tertiary/aromatic N) is 7. The smallest absolute Gasteiger partial charge is 0.417 e. The first-order valence-electron chi connectivity index (χ1n) is 17.8. The van der Waals surface area contributed by atoms with Gasteiger partial charge in [-0.25, -0.2) is 13.2 Å². The lowest BCUT2D eigenvalue weighted by Crippen LogP contribution is -2.43. The summed E-state index contributed by atoms with van der Waals surface area (Å²) in [7, 11) is 0. The van der Waals surface area contributed by atoms with Crippen molar-refractivity contribution in [1.29, 1.82) is 5.26 Å². The second-order valence-corrected chi connectivity index (χ2v) is 15.4. The number of likely N-dealkylation sites (N-methyl/N-ethyl adjacent to an activating group) is 1. The average molecular weight is 785 g/mol. The van der Waals surface area contributed by atoms with E-state index in [2.05, 4.69) is 15.1 Å². The van der Waals surface area contributed by atoms with Crippen LogP contribution in [0, 0.1) is 23.0 Å². The van der Waals surface area contributed by atoms with Gasteiger partial charge < -0.3 is 24.8 Å². The summed E-state index contributed by atoms with van der Waals surface area (Å²) in [5.74, 6) is -2.70. The number of anilines is 2. The van der Waals surface area contributed by atoms with Crippen LogP contribution >= 0.6 is 11.3 Å². The second-order valence-electron chi connectivity index (χ2n) is 14.3. The molecule has 0 bridgehead atoms. The van der Waals surface area contributed by atoms with E-state index in [1.807, 2.05) is 17.9 Å². The van der Waals surface area contributed by atoms with Crippen LogP contribution in [0.3, 0.4) is 0 Å². The Bertz CT molecular complexity index is 2370. The highest BCUT2D eigenvalue weighted by molar-refractivity contribution is 7.23. The number of rotatable bonds is 8. The van der Waals surface area contributed by atoms with Gasteiger partial charge in [-0.05, 0) is 57.4 Å². The molecule has 1 amide bonds. The summed E-state index contributed by atoms with van der Waals surface area (Å²) >= 11 is 0.671. The molecule has 18 heteroatoms. The molecule has 6 heterocycles. The third-order valence-corrected chi connectivity index (χ3v) is 12.2.